The van der Waals surface area contributed by atoms with E-state index in [-0.39, 0.29) is 6.42 Å². The fraction of sp³-hybridized carbons (Fsp3) is 0.381. The highest BCUT2D eigenvalue weighted by Gasteiger charge is 2.18. The van der Waals surface area contributed by atoms with E-state index in [4.69, 9.17) is 4.74 Å². The van der Waals surface area contributed by atoms with E-state index < -0.39 is 35.7 Å². The maximum atomic E-state index is 13.4. The topological polar surface area (TPSA) is 26.3 Å². The Morgan fingerprint density at radius 1 is 1.04 bits per heavy atom. The Morgan fingerprint density at radius 3 is 2.26 bits per heavy atom. The highest BCUT2D eigenvalue weighted by Crippen LogP contribution is 2.19. The Kier molecular flexibility index (Phi) is 7.82. The van der Waals surface area contributed by atoms with Crippen LogP contribution in [0.5, 0.6) is 0 Å². The lowest BCUT2D eigenvalue weighted by Gasteiger charge is -2.18. The maximum absolute atomic E-state index is 13.4. The maximum Gasteiger partial charge on any atom is 0.338 e. The number of halogens is 4. The van der Waals surface area contributed by atoms with E-state index in [1.54, 1.807) is 30.3 Å². The Bertz CT molecular complexity index is 724. The highest BCUT2D eigenvalue weighted by atomic mass is 19.2. The molecule has 0 saturated carbocycles. The number of carbonyl (C=O) groups is 1. The molecular weight excluding hydrogens is 360 g/mol. The number of hydrogen-bond donors (Lipinski definition) is 0. The van der Waals surface area contributed by atoms with Gasteiger partial charge < -0.3 is 4.74 Å². The van der Waals surface area contributed by atoms with Gasteiger partial charge in [0.05, 0.1) is 5.56 Å². The van der Waals surface area contributed by atoms with E-state index in [0.717, 1.165) is 12.1 Å². The van der Waals surface area contributed by atoms with Gasteiger partial charge in [0.15, 0.2) is 17.5 Å². The standard InChI is InChI=1S/C21H22F4O2/c1-14(22)11-17(27-21(26)16-8-3-2-4-9-16)10-6-5-7-15-12-18(23)20(25)19(24)13-15/h2-4,8-9,12-14,17H,5-7,10-11H2,1H3. The molecule has 6 heteroatoms. The van der Waals surface area contributed by atoms with E-state index in [9.17, 15) is 22.4 Å². The molecule has 0 aliphatic heterocycles. The summed E-state index contributed by atoms with van der Waals surface area (Å²) in [7, 11) is 0. The van der Waals surface area contributed by atoms with Gasteiger partial charge in [-0.15, -0.1) is 0 Å². The van der Waals surface area contributed by atoms with E-state index in [2.05, 4.69) is 0 Å². The Hall–Kier alpha value is -2.37. The molecule has 0 N–H and O–H groups in total. The van der Waals surface area contributed by atoms with Crippen molar-refractivity contribution < 1.29 is 27.1 Å². The van der Waals surface area contributed by atoms with Crippen molar-refractivity contribution in [2.45, 2.75) is 51.3 Å². The van der Waals surface area contributed by atoms with Crippen molar-refractivity contribution >= 4 is 5.97 Å². The monoisotopic (exact) mass is 382 g/mol. The van der Waals surface area contributed by atoms with Gasteiger partial charge >= 0.3 is 5.97 Å². The number of aryl methyl sites for hydroxylation is 1. The van der Waals surface area contributed by atoms with Gasteiger partial charge in [-0.3, -0.25) is 0 Å². The molecular formula is C21H22F4O2. The van der Waals surface area contributed by atoms with Crippen LogP contribution in [0.2, 0.25) is 0 Å². The largest absolute Gasteiger partial charge is 0.459 e. The van der Waals surface area contributed by atoms with Crippen LogP contribution in [0.4, 0.5) is 17.6 Å². The number of benzene rings is 2. The minimum Gasteiger partial charge on any atom is -0.459 e. The molecule has 0 fully saturated rings. The van der Waals surface area contributed by atoms with Crippen LogP contribution in [-0.2, 0) is 11.2 Å². The lowest BCUT2D eigenvalue weighted by molar-refractivity contribution is 0.0203. The molecule has 2 nitrogen and oxygen atoms in total. The Balaban J connectivity index is 1.86. The molecule has 2 aromatic rings. The molecule has 2 unspecified atom stereocenters. The number of carbonyl (C=O) groups excluding carboxylic acids is 1. The van der Waals surface area contributed by atoms with Crippen molar-refractivity contribution in [3.05, 3.63) is 71.0 Å². The minimum absolute atomic E-state index is 0.0817. The van der Waals surface area contributed by atoms with Gasteiger partial charge in [-0.1, -0.05) is 18.2 Å². The number of rotatable bonds is 9. The van der Waals surface area contributed by atoms with Crippen LogP contribution in [0.1, 0.15) is 48.5 Å². The zero-order chi connectivity index (χ0) is 19.8. The molecule has 0 spiro atoms. The van der Waals surface area contributed by atoms with Crippen LogP contribution in [0.25, 0.3) is 0 Å². The van der Waals surface area contributed by atoms with Crippen molar-refractivity contribution in [3.63, 3.8) is 0 Å². The third kappa shape index (κ3) is 6.70. The molecule has 0 aliphatic carbocycles. The number of esters is 1. The summed E-state index contributed by atoms with van der Waals surface area (Å²) in [4.78, 5) is 12.1. The van der Waals surface area contributed by atoms with Gasteiger partial charge in [0.1, 0.15) is 12.3 Å². The molecule has 2 atom stereocenters. The van der Waals surface area contributed by atoms with Crippen LogP contribution < -0.4 is 0 Å². The van der Waals surface area contributed by atoms with Crippen molar-refractivity contribution in [2.24, 2.45) is 0 Å². The fourth-order valence-corrected chi connectivity index (χ4v) is 2.83. The number of ether oxygens (including phenoxy) is 1. The van der Waals surface area contributed by atoms with Gasteiger partial charge in [0, 0.05) is 6.42 Å². The fourth-order valence-electron chi connectivity index (χ4n) is 2.83. The first-order valence-electron chi connectivity index (χ1n) is 8.90. The molecule has 0 bridgehead atoms. The summed E-state index contributed by atoms with van der Waals surface area (Å²) in [6.45, 7) is 1.40. The predicted octanol–water partition coefficient (Wildman–Crippen LogP) is 5.79. The molecule has 0 amide bonds. The molecule has 2 aromatic carbocycles. The molecule has 0 radical (unpaired) electrons. The average Bonchev–Trinajstić information content (AvgIpc) is 2.63. The summed E-state index contributed by atoms with van der Waals surface area (Å²) in [5, 5.41) is 0. The van der Waals surface area contributed by atoms with E-state index in [1.165, 1.54) is 6.92 Å². The molecule has 27 heavy (non-hydrogen) atoms. The normalized spacial score (nSPS) is 13.2. The quantitative estimate of drug-likeness (QED) is 0.237. The Morgan fingerprint density at radius 2 is 1.67 bits per heavy atom. The lowest BCUT2D eigenvalue weighted by Crippen LogP contribution is -2.21. The van der Waals surface area contributed by atoms with Crippen molar-refractivity contribution in [1.29, 1.82) is 0 Å². The van der Waals surface area contributed by atoms with Gasteiger partial charge in [-0.05, 0) is 62.4 Å². The van der Waals surface area contributed by atoms with E-state index in [0.29, 0.717) is 36.8 Å². The van der Waals surface area contributed by atoms with Crippen LogP contribution >= 0.6 is 0 Å². The summed E-state index contributed by atoms with van der Waals surface area (Å²) < 4.78 is 58.2. The number of unbranched alkanes of at least 4 members (excludes halogenated alkanes) is 1. The Labute approximate surface area is 156 Å². The van der Waals surface area contributed by atoms with Gasteiger partial charge in [-0.25, -0.2) is 22.4 Å². The second-order valence-electron chi connectivity index (χ2n) is 6.53. The average molecular weight is 382 g/mol. The first-order chi connectivity index (χ1) is 12.9. The summed E-state index contributed by atoms with van der Waals surface area (Å²) in [6.07, 6.45) is 0.263. The van der Waals surface area contributed by atoms with Crippen LogP contribution in [0, 0.1) is 17.5 Å². The zero-order valence-corrected chi connectivity index (χ0v) is 15.1. The summed E-state index contributed by atoms with van der Waals surface area (Å²) in [5.41, 5.74) is 0.745. The second kappa shape index (κ2) is 10.1. The van der Waals surface area contributed by atoms with Gasteiger partial charge in [0.25, 0.3) is 0 Å². The van der Waals surface area contributed by atoms with E-state index >= 15 is 0 Å². The lowest BCUT2D eigenvalue weighted by atomic mass is 10.0. The molecule has 2 rings (SSSR count). The molecule has 0 aromatic heterocycles. The minimum atomic E-state index is -1.48. The smallest absolute Gasteiger partial charge is 0.338 e. The summed E-state index contributed by atoms with van der Waals surface area (Å²) in [6, 6.07) is 10.4. The number of hydrogen-bond acceptors (Lipinski definition) is 2. The zero-order valence-electron chi connectivity index (χ0n) is 15.1. The molecule has 0 aliphatic rings. The van der Waals surface area contributed by atoms with Crippen LogP contribution in [-0.4, -0.2) is 18.2 Å². The van der Waals surface area contributed by atoms with Crippen LogP contribution in [0.15, 0.2) is 42.5 Å². The molecule has 146 valence electrons. The first kappa shape index (κ1) is 20.9. The molecule has 0 saturated heterocycles. The van der Waals surface area contributed by atoms with Crippen molar-refractivity contribution in [2.75, 3.05) is 0 Å². The van der Waals surface area contributed by atoms with Gasteiger partial charge in [0.2, 0.25) is 0 Å². The third-order valence-corrected chi connectivity index (χ3v) is 4.16. The summed E-state index contributed by atoms with van der Waals surface area (Å²) in [5.74, 6) is -4.43. The number of alkyl halides is 1. The van der Waals surface area contributed by atoms with E-state index in [1.807, 2.05) is 0 Å². The van der Waals surface area contributed by atoms with Gasteiger partial charge in [-0.2, -0.15) is 0 Å². The van der Waals surface area contributed by atoms with Crippen LogP contribution in [0.3, 0.4) is 0 Å². The second-order valence-corrected chi connectivity index (χ2v) is 6.53. The predicted molar refractivity (Wildman–Crippen MR) is 94.7 cm³/mol. The SMILES string of the molecule is CC(F)CC(CCCCc1cc(F)c(F)c(F)c1)OC(=O)c1ccccc1. The first-order valence-corrected chi connectivity index (χ1v) is 8.90. The molecule has 0 heterocycles. The highest BCUT2D eigenvalue weighted by molar-refractivity contribution is 5.89. The van der Waals surface area contributed by atoms with Crippen molar-refractivity contribution in [1.82, 2.24) is 0 Å². The van der Waals surface area contributed by atoms with Crippen molar-refractivity contribution in [3.8, 4) is 0 Å². The third-order valence-electron chi connectivity index (χ3n) is 4.16. The summed E-state index contributed by atoms with van der Waals surface area (Å²) >= 11 is 0.